The average Bonchev–Trinajstić information content (AvgIpc) is 2.56. The van der Waals surface area contributed by atoms with E-state index in [-0.39, 0.29) is 5.91 Å². The third-order valence-corrected chi connectivity index (χ3v) is 3.64. The molecule has 14 heavy (non-hydrogen) atoms. The number of amides is 1. The van der Waals surface area contributed by atoms with E-state index in [4.69, 9.17) is 11.6 Å². The molecule has 0 aliphatic heterocycles. The van der Waals surface area contributed by atoms with E-state index in [0.29, 0.717) is 9.90 Å². The summed E-state index contributed by atoms with van der Waals surface area (Å²) in [7, 11) is 1.60. The van der Waals surface area contributed by atoms with Gasteiger partial charge < -0.3 is 5.32 Å². The molecule has 1 aromatic heterocycles. The second kappa shape index (κ2) is 3.59. The van der Waals surface area contributed by atoms with Crippen LogP contribution in [0.5, 0.6) is 0 Å². The zero-order valence-electron chi connectivity index (χ0n) is 7.50. The Balaban J connectivity index is 2.68. The minimum Gasteiger partial charge on any atom is -0.354 e. The van der Waals surface area contributed by atoms with Crippen molar-refractivity contribution in [2.75, 3.05) is 7.05 Å². The smallest absolute Gasteiger partial charge is 0.262 e. The van der Waals surface area contributed by atoms with Gasteiger partial charge in [0, 0.05) is 17.1 Å². The Bertz CT molecular complexity index is 492. The molecule has 0 saturated heterocycles. The Morgan fingerprint density at radius 3 is 2.79 bits per heavy atom. The number of halogens is 1. The van der Waals surface area contributed by atoms with Crippen LogP contribution in [0.4, 0.5) is 0 Å². The summed E-state index contributed by atoms with van der Waals surface area (Å²) >= 11 is 7.49. The lowest BCUT2D eigenvalue weighted by atomic mass is 10.2. The number of nitrogens with one attached hydrogen (secondary N) is 1. The third-order valence-electron chi connectivity index (χ3n) is 1.97. The molecule has 0 spiro atoms. The number of hydrogen-bond donors (Lipinski definition) is 1. The molecule has 0 fully saturated rings. The van der Waals surface area contributed by atoms with Gasteiger partial charge >= 0.3 is 0 Å². The lowest BCUT2D eigenvalue weighted by Crippen LogP contribution is -2.16. The van der Waals surface area contributed by atoms with E-state index in [0.717, 1.165) is 10.1 Å². The Morgan fingerprint density at radius 2 is 2.14 bits per heavy atom. The van der Waals surface area contributed by atoms with Gasteiger partial charge in [0.15, 0.2) is 0 Å². The number of carbonyl (C=O) groups is 1. The van der Waals surface area contributed by atoms with Crippen LogP contribution in [-0.4, -0.2) is 13.0 Å². The van der Waals surface area contributed by atoms with Gasteiger partial charge in [-0.1, -0.05) is 29.8 Å². The van der Waals surface area contributed by atoms with Crippen LogP contribution in [0.3, 0.4) is 0 Å². The van der Waals surface area contributed by atoms with Crippen LogP contribution in [-0.2, 0) is 0 Å². The number of benzene rings is 1. The first kappa shape index (κ1) is 9.49. The molecule has 72 valence electrons. The number of thiophene rings is 1. The van der Waals surface area contributed by atoms with Crippen molar-refractivity contribution in [1.82, 2.24) is 5.32 Å². The van der Waals surface area contributed by atoms with E-state index in [2.05, 4.69) is 5.32 Å². The van der Waals surface area contributed by atoms with Crippen LogP contribution in [0.15, 0.2) is 24.3 Å². The molecular weight excluding hydrogens is 218 g/mol. The zero-order chi connectivity index (χ0) is 10.1. The van der Waals surface area contributed by atoms with Crippen LogP contribution in [0.25, 0.3) is 10.1 Å². The van der Waals surface area contributed by atoms with Crippen molar-refractivity contribution >= 4 is 38.9 Å². The number of fused-ring (bicyclic) bond motifs is 1. The molecule has 0 atom stereocenters. The molecule has 0 aliphatic carbocycles. The van der Waals surface area contributed by atoms with Gasteiger partial charge in [-0.2, -0.15) is 0 Å². The van der Waals surface area contributed by atoms with E-state index >= 15 is 0 Å². The van der Waals surface area contributed by atoms with E-state index in [1.807, 2.05) is 24.3 Å². The maximum atomic E-state index is 11.4. The van der Waals surface area contributed by atoms with E-state index in [1.54, 1.807) is 7.05 Å². The Morgan fingerprint density at radius 1 is 1.43 bits per heavy atom. The van der Waals surface area contributed by atoms with Crippen LogP contribution < -0.4 is 5.32 Å². The zero-order valence-corrected chi connectivity index (χ0v) is 9.08. The summed E-state index contributed by atoms with van der Waals surface area (Å²) in [6.45, 7) is 0. The molecule has 1 heterocycles. The van der Waals surface area contributed by atoms with Gasteiger partial charge in [0.05, 0.1) is 5.02 Å². The highest BCUT2D eigenvalue weighted by Gasteiger charge is 2.14. The van der Waals surface area contributed by atoms with Crippen molar-refractivity contribution in [2.24, 2.45) is 0 Å². The maximum absolute atomic E-state index is 11.4. The molecule has 0 unspecified atom stereocenters. The lowest BCUT2D eigenvalue weighted by Gasteiger charge is -1.94. The summed E-state index contributed by atoms with van der Waals surface area (Å²) in [6, 6.07) is 7.72. The molecule has 0 saturated carbocycles. The van der Waals surface area contributed by atoms with Crippen LogP contribution >= 0.6 is 22.9 Å². The van der Waals surface area contributed by atoms with E-state index in [1.165, 1.54) is 11.3 Å². The fourth-order valence-corrected chi connectivity index (χ4v) is 2.74. The number of carbonyl (C=O) groups excluding carboxylic acids is 1. The number of rotatable bonds is 1. The van der Waals surface area contributed by atoms with Gasteiger partial charge in [-0.05, 0) is 6.07 Å². The molecule has 1 N–H and O–H groups in total. The van der Waals surface area contributed by atoms with Crippen molar-refractivity contribution < 1.29 is 4.79 Å². The van der Waals surface area contributed by atoms with Gasteiger partial charge in [0.2, 0.25) is 0 Å². The predicted octanol–water partition coefficient (Wildman–Crippen LogP) is 2.91. The molecule has 0 radical (unpaired) electrons. The SMILES string of the molecule is CNC(=O)c1sc2ccccc2c1Cl. The summed E-state index contributed by atoms with van der Waals surface area (Å²) in [5, 5.41) is 4.06. The molecule has 2 aromatic rings. The summed E-state index contributed by atoms with van der Waals surface area (Å²) in [4.78, 5) is 12.0. The quantitative estimate of drug-likeness (QED) is 0.795. The molecule has 4 heteroatoms. The largest absolute Gasteiger partial charge is 0.354 e. The van der Waals surface area contributed by atoms with E-state index in [9.17, 15) is 4.79 Å². The second-order valence-corrected chi connectivity index (χ2v) is 4.25. The van der Waals surface area contributed by atoms with E-state index < -0.39 is 0 Å². The predicted molar refractivity (Wildman–Crippen MR) is 60.2 cm³/mol. The lowest BCUT2D eigenvalue weighted by molar-refractivity contribution is 0.0967. The first-order valence-electron chi connectivity index (χ1n) is 4.13. The van der Waals surface area contributed by atoms with Crippen LogP contribution in [0.2, 0.25) is 5.02 Å². The second-order valence-electron chi connectivity index (χ2n) is 2.82. The topological polar surface area (TPSA) is 29.1 Å². The minimum atomic E-state index is -0.129. The van der Waals surface area contributed by atoms with Crippen molar-refractivity contribution in [2.45, 2.75) is 0 Å². The van der Waals surface area contributed by atoms with Gasteiger partial charge in [-0.25, -0.2) is 0 Å². The fourth-order valence-electron chi connectivity index (χ4n) is 1.27. The molecule has 1 amide bonds. The van der Waals surface area contributed by atoms with Crippen molar-refractivity contribution in [3.8, 4) is 0 Å². The van der Waals surface area contributed by atoms with Gasteiger partial charge in [0.25, 0.3) is 5.91 Å². The van der Waals surface area contributed by atoms with Gasteiger partial charge in [-0.15, -0.1) is 11.3 Å². The summed E-state index contributed by atoms with van der Waals surface area (Å²) in [5.41, 5.74) is 0. The molecular formula is C10H8ClNOS. The Labute approximate surface area is 90.5 Å². The summed E-state index contributed by atoms with van der Waals surface area (Å²) in [5.74, 6) is -0.129. The minimum absolute atomic E-state index is 0.129. The highest BCUT2D eigenvalue weighted by molar-refractivity contribution is 7.21. The van der Waals surface area contributed by atoms with Crippen LogP contribution in [0, 0.1) is 0 Å². The highest BCUT2D eigenvalue weighted by Crippen LogP contribution is 2.34. The fraction of sp³-hybridized carbons (Fsp3) is 0.100. The van der Waals surface area contributed by atoms with Crippen LogP contribution in [0.1, 0.15) is 9.67 Å². The molecule has 1 aromatic carbocycles. The molecule has 2 nitrogen and oxygen atoms in total. The summed E-state index contributed by atoms with van der Waals surface area (Å²) in [6.07, 6.45) is 0. The van der Waals surface area contributed by atoms with Crippen molar-refractivity contribution in [1.29, 1.82) is 0 Å². The third kappa shape index (κ3) is 1.38. The van der Waals surface area contributed by atoms with Gasteiger partial charge in [-0.3, -0.25) is 4.79 Å². The van der Waals surface area contributed by atoms with Gasteiger partial charge in [0.1, 0.15) is 4.88 Å². The van der Waals surface area contributed by atoms with Crippen molar-refractivity contribution in [3.05, 3.63) is 34.2 Å². The molecule has 0 aliphatic rings. The monoisotopic (exact) mass is 225 g/mol. The average molecular weight is 226 g/mol. The molecule has 0 bridgehead atoms. The summed E-state index contributed by atoms with van der Waals surface area (Å²) < 4.78 is 1.04. The molecule has 2 rings (SSSR count). The maximum Gasteiger partial charge on any atom is 0.262 e. The standard InChI is InChI=1S/C10H8ClNOS/c1-12-10(13)9-8(11)6-4-2-3-5-7(6)14-9/h2-5H,1H3,(H,12,13). The first-order valence-corrected chi connectivity index (χ1v) is 5.32. The normalized spacial score (nSPS) is 10.4. The number of hydrogen-bond acceptors (Lipinski definition) is 2. The highest BCUT2D eigenvalue weighted by atomic mass is 35.5. The first-order chi connectivity index (χ1) is 6.74. The van der Waals surface area contributed by atoms with Crippen molar-refractivity contribution in [3.63, 3.8) is 0 Å². The Kier molecular flexibility index (Phi) is 2.44. The Hall–Kier alpha value is -1.06.